The molecule has 2 aromatic rings. The molecule has 10 heteroatoms. The molecule has 0 aromatic carbocycles. The van der Waals surface area contributed by atoms with E-state index < -0.39 is 8.07 Å². The lowest BCUT2D eigenvalue weighted by atomic mass is 10.4. The van der Waals surface area contributed by atoms with Gasteiger partial charge in [0.15, 0.2) is 0 Å². The minimum absolute atomic E-state index is 0.140. The summed E-state index contributed by atoms with van der Waals surface area (Å²) in [5.41, 5.74) is 0.428. The third-order valence-corrected chi connectivity index (χ3v) is 5.78. The summed E-state index contributed by atoms with van der Waals surface area (Å²) >= 11 is 0. The molecule has 0 N–H and O–H groups in total. The van der Waals surface area contributed by atoms with Crippen LogP contribution in [0.2, 0.25) is 25.7 Å². The van der Waals surface area contributed by atoms with E-state index in [9.17, 15) is 9.59 Å². The molecule has 0 fully saturated rings. The Hall–Kier alpha value is -2.04. The van der Waals surface area contributed by atoms with Gasteiger partial charge in [-0.3, -0.25) is 14.3 Å². The second-order valence-corrected chi connectivity index (χ2v) is 13.3. The highest BCUT2D eigenvalue weighted by Crippen LogP contribution is 2.09. The lowest BCUT2D eigenvalue weighted by molar-refractivity contribution is -0.144. The molecule has 0 unspecified atom stereocenters. The first kappa shape index (κ1) is 22.2. The fourth-order valence-corrected chi connectivity index (χ4v) is 3.21. The molecule has 0 aliphatic carbocycles. The van der Waals surface area contributed by atoms with E-state index in [2.05, 4.69) is 29.8 Å². The van der Waals surface area contributed by atoms with Crippen LogP contribution in [0, 0.1) is 0 Å². The summed E-state index contributed by atoms with van der Waals surface area (Å²) in [6, 6.07) is 1.04. The van der Waals surface area contributed by atoms with Gasteiger partial charge in [0.2, 0.25) is 0 Å². The number of fused-ring (bicyclic) bond motifs is 1. The molecule has 2 heterocycles. The molecule has 0 saturated heterocycles. The smallest absolute Gasteiger partial charge is 0.308 e. The predicted molar refractivity (Wildman–Crippen MR) is 108 cm³/mol. The Morgan fingerprint density at radius 3 is 2.54 bits per heavy atom. The van der Waals surface area contributed by atoms with Gasteiger partial charge in [-0.1, -0.05) is 19.6 Å². The summed E-state index contributed by atoms with van der Waals surface area (Å²) in [6.07, 6.45) is 3.37. The van der Waals surface area contributed by atoms with Crippen molar-refractivity contribution in [3.8, 4) is 0 Å². The molecule has 0 bridgehead atoms. The molecule has 0 atom stereocenters. The minimum Gasteiger partial charge on any atom is -0.466 e. The van der Waals surface area contributed by atoms with Crippen molar-refractivity contribution < 1.29 is 19.0 Å². The number of aromatic nitrogens is 4. The maximum Gasteiger partial charge on any atom is 0.308 e. The van der Waals surface area contributed by atoms with Crippen molar-refractivity contribution >= 4 is 24.9 Å². The molecule has 0 amide bonds. The van der Waals surface area contributed by atoms with Crippen LogP contribution in [0.4, 0.5) is 0 Å². The molecule has 0 aliphatic heterocycles. The third-order valence-electron chi connectivity index (χ3n) is 4.08. The van der Waals surface area contributed by atoms with Gasteiger partial charge < -0.3 is 14.2 Å². The van der Waals surface area contributed by atoms with Crippen LogP contribution in [0.1, 0.15) is 13.3 Å². The third kappa shape index (κ3) is 6.84. The Kier molecular flexibility index (Phi) is 8.33. The van der Waals surface area contributed by atoms with Crippen LogP contribution < -0.4 is 5.56 Å². The maximum absolute atomic E-state index is 12.5. The fraction of sp³-hybridized carbons (Fsp3) is 0.667. The average Bonchev–Trinajstić information content (AvgIpc) is 3.03. The lowest BCUT2D eigenvalue weighted by Gasteiger charge is -2.15. The molecule has 0 saturated carbocycles. The van der Waals surface area contributed by atoms with Gasteiger partial charge in [0.1, 0.15) is 6.73 Å². The van der Waals surface area contributed by atoms with Gasteiger partial charge in [0, 0.05) is 14.7 Å². The van der Waals surface area contributed by atoms with Gasteiger partial charge in [-0.05, 0) is 13.0 Å². The number of esters is 1. The van der Waals surface area contributed by atoms with Gasteiger partial charge in [0.05, 0.1) is 56.1 Å². The molecule has 2 aromatic heterocycles. The summed E-state index contributed by atoms with van der Waals surface area (Å²) < 4.78 is 18.9. The van der Waals surface area contributed by atoms with E-state index in [0.717, 1.165) is 6.04 Å². The molecule has 28 heavy (non-hydrogen) atoms. The standard InChI is InChI=1S/C18H30N4O5Si/c1-5-27-17(23)6-8-25-9-7-21-16-13-20-22(18(24)15(16)12-19-21)14-26-10-11-28(2,3)4/h12-13H,5-11,14H2,1-4H3. The van der Waals surface area contributed by atoms with Crippen LogP contribution in [0.15, 0.2) is 17.2 Å². The van der Waals surface area contributed by atoms with Crippen molar-refractivity contribution in [3.63, 3.8) is 0 Å². The van der Waals surface area contributed by atoms with Gasteiger partial charge in [-0.25, -0.2) is 4.68 Å². The van der Waals surface area contributed by atoms with E-state index >= 15 is 0 Å². The van der Waals surface area contributed by atoms with Crippen molar-refractivity contribution in [3.05, 3.63) is 22.7 Å². The Morgan fingerprint density at radius 2 is 1.82 bits per heavy atom. The topological polar surface area (TPSA) is 97.5 Å². The van der Waals surface area contributed by atoms with Crippen LogP contribution in [-0.4, -0.2) is 60.0 Å². The van der Waals surface area contributed by atoms with E-state index in [-0.39, 0.29) is 31.3 Å². The zero-order valence-electron chi connectivity index (χ0n) is 17.1. The monoisotopic (exact) mass is 410 g/mol. The fourth-order valence-electron chi connectivity index (χ4n) is 2.45. The Labute approximate surface area is 165 Å². The van der Waals surface area contributed by atoms with Gasteiger partial charge in [-0.2, -0.15) is 10.2 Å². The van der Waals surface area contributed by atoms with Crippen LogP contribution in [-0.2, 0) is 32.3 Å². The summed E-state index contributed by atoms with van der Waals surface area (Å²) in [5, 5.41) is 8.93. The highest BCUT2D eigenvalue weighted by molar-refractivity contribution is 6.76. The quantitative estimate of drug-likeness (QED) is 0.299. The van der Waals surface area contributed by atoms with Crippen LogP contribution in [0.5, 0.6) is 0 Å². The van der Waals surface area contributed by atoms with Gasteiger partial charge in [-0.15, -0.1) is 0 Å². The van der Waals surface area contributed by atoms with E-state index in [0.29, 0.717) is 37.3 Å². The first-order valence-corrected chi connectivity index (χ1v) is 13.3. The summed E-state index contributed by atoms with van der Waals surface area (Å²) in [7, 11) is -1.16. The van der Waals surface area contributed by atoms with Crippen LogP contribution in [0.25, 0.3) is 10.9 Å². The summed E-state index contributed by atoms with van der Waals surface area (Å²) in [5.74, 6) is -0.274. The normalized spacial score (nSPS) is 11.9. The minimum atomic E-state index is -1.16. The number of carbonyl (C=O) groups is 1. The number of rotatable bonds is 12. The first-order valence-electron chi connectivity index (χ1n) is 9.54. The number of carbonyl (C=O) groups excluding carboxylic acids is 1. The van der Waals surface area contributed by atoms with Crippen LogP contribution in [0.3, 0.4) is 0 Å². The van der Waals surface area contributed by atoms with Gasteiger partial charge in [0.25, 0.3) is 5.56 Å². The number of hydrogen-bond donors (Lipinski definition) is 0. The SMILES string of the molecule is CCOC(=O)CCOCCn1ncc2c(=O)n(COCC[Si](C)(C)C)ncc21. The molecule has 0 radical (unpaired) electrons. The molecule has 9 nitrogen and oxygen atoms in total. The van der Waals surface area contributed by atoms with Crippen LogP contribution >= 0.6 is 0 Å². The Morgan fingerprint density at radius 1 is 1.07 bits per heavy atom. The highest BCUT2D eigenvalue weighted by Gasteiger charge is 2.13. The van der Waals surface area contributed by atoms with E-state index in [1.54, 1.807) is 17.8 Å². The number of nitrogens with zero attached hydrogens (tertiary/aromatic N) is 4. The maximum atomic E-state index is 12.5. The van der Waals surface area contributed by atoms with Crippen molar-refractivity contribution in [2.24, 2.45) is 0 Å². The Balaban J connectivity index is 1.86. The molecule has 2 rings (SSSR count). The van der Waals surface area contributed by atoms with E-state index in [1.165, 1.54) is 10.9 Å². The number of ether oxygens (including phenoxy) is 3. The zero-order chi connectivity index (χ0) is 20.6. The van der Waals surface area contributed by atoms with Crippen molar-refractivity contribution in [1.82, 2.24) is 19.6 Å². The molecule has 0 spiro atoms. The van der Waals surface area contributed by atoms with E-state index in [4.69, 9.17) is 14.2 Å². The van der Waals surface area contributed by atoms with Crippen molar-refractivity contribution in [2.45, 2.75) is 52.3 Å². The average molecular weight is 411 g/mol. The second-order valence-electron chi connectivity index (χ2n) is 7.63. The first-order chi connectivity index (χ1) is 13.3. The zero-order valence-corrected chi connectivity index (χ0v) is 18.1. The van der Waals surface area contributed by atoms with Gasteiger partial charge >= 0.3 is 5.97 Å². The van der Waals surface area contributed by atoms with Crippen molar-refractivity contribution in [1.29, 1.82) is 0 Å². The lowest BCUT2D eigenvalue weighted by Crippen LogP contribution is -2.26. The second kappa shape index (κ2) is 10.5. The molecular formula is C18H30N4O5Si. The summed E-state index contributed by atoms with van der Waals surface area (Å²) in [6.45, 7) is 10.9. The van der Waals surface area contributed by atoms with E-state index in [1.807, 2.05) is 0 Å². The molecule has 156 valence electrons. The Bertz CT molecular complexity index is 827. The highest BCUT2D eigenvalue weighted by atomic mass is 28.3. The summed E-state index contributed by atoms with van der Waals surface area (Å²) in [4.78, 5) is 23.8. The molecular weight excluding hydrogens is 380 g/mol. The molecule has 0 aliphatic rings. The van der Waals surface area contributed by atoms with Crippen molar-refractivity contribution in [2.75, 3.05) is 26.4 Å². The largest absolute Gasteiger partial charge is 0.466 e. The predicted octanol–water partition coefficient (Wildman–Crippen LogP) is 1.88. The number of hydrogen-bond acceptors (Lipinski definition) is 7.